The zero-order chi connectivity index (χ0) is 15.1. The van der Waals surface area contributed by atoms with Gasteiger partial charge in [-0.15, -0.1) is 0 Å². The SMILES string of the molecule is CC1CN(C(=O)N(C)C=O)Cc2[nH]c3ccc(O)cc3c21. The van der Waals surface area contributed by atoms with Gasteiger partial charge in [0.1, 0.15) is 5.75 Å². The lowest BCUT2D eigenvalue weighted by Gasteiger charge is -2.32. The number of imide groups is 1. The van der Waals surface area contributed by atoms with Crippen LogP contribution in [0.15, 0.2) is 18.2 Å². The molecule has 0 spiro atoms. The van der Waals surface area contributed by atoms with Crippen molar-refractivity contribution in [2.75, 3.05) is 13.6 Å². The molecule has 0 bridgehead atoms. The molecule has 1 aliphatic rings. The van der Waals surface area contributed by atoms with Crippen molar-refractivity contribution in [3.8, 4) is 5.75 Å². The molecule has 0 aliphatic carbocycles. The Balaban J connectivity index is 2.01. The van der Waals surface area contributed by atoms with Crippen LogP contribution < -0.4 is 0 Å². The van der Waals surface area contributed by atoms with Crippen LogP contribution in [0.5, 0.6) is 5.75 Å². The lowest BCUT2D eigenvalue weighted by atomic mass is 9.93. The summed E-state index contributed by atoms with van der Waals surface area (Å²) in [7, 11) is 1.46. The van der Waals surface area contributed by atoms with Gasteiger partial charge < -0.3 is 15.0 Å². The smallest absolute Gasteiger partial charge is 0.326 e. The number of phenols is 1. The Kier molecular flexibility index (Phi) is 3.08. The van der Waals surface area contributed by atoms with Crippen molar-refractivity contribution >= 4 is 23.3 Å². The van der Waals surface area contributed by atoms with Crippen LogP contribution in [0.4, 0.5) is 4.79 Å². The number of carbonyl (C=O) groups is 2. The zero-order valence-electron chi connectivity index (χ0n) is 12.0. The fourth-order valence-electron chi connectivity index (χ4n) is 3.04. The topological polar surface area (TPSA) is 76.6 Å². The molecule has 3 rings (SSSR count). The van der Waals surface area contributed by atoms with E-state index >= 15 is 0 Å². The highest BCUT2D eigenvalue weighted by Crippen LogP contribution is 2.36. The Morgan fingerprint density at radius 2 is 2.29 bits per heavy atom. The number of nitrogens with zero attached hydrogens (tertiary/aromatic N) is 2. The quantitative estimate of drug-likeness (QED) is 0.788. The van der Waals surface area contributed by atoms with Crippen LogP contribution in [0, 0.1) is 0 Å². The minimum atomic E-state index is -0.302. The third-order valence-corrected chi connectivity index (χ3v) is 3.97. The number of hydrogen-bond acceptors (Lipinski definition) is 3. The van der Waals surface area contributed by atoms with Crippen LogP contribution >= 0.6 is 0 Å². The normalized spacial score (nSPS) is 17.6. The minimum Gasteiger partial charge on any atom is -0.508 e. The number of benzene rings is 1. The number of aromatic hydroxyl groups is 1. The molecule has 2 aromatic rings. The summed E-state index contributed by atoms with van der Waals surface area (Å²) in [5, 5.41) is 10.7. The number of aromatic amines is 1. The van der Waals surface area contributed by atoms with E-state index in [1.165, 1.54) is 7.05 Å². The van der Waals surface area contributed by atoms with Gasteiger partial charge in [0.05, 0.1) is 6.54 Å². The number of rotatable bonds is 1. The molecule has 0 saturated carbocycles. The molecule has 0 fully saturated rings. The Bertz CT molecular complexity index is 722. The first-order chi connectivity index (χ1) is 10.0. The number of fused-ring (bicyclic) bond motifs is 3. The number of aromatic nitrogens is 1. The Morgan fingerprint density at radius 3 is 3.00 bits per heavy atom. The highest BCUT2D eigenvalue weighted by atomic mass is 16.3. The molecule has 6 heteroatoms. The third-order valence-electron chi connectivity index (χ3n) is 3.97. The summed E-state index contributed by atoms with van der Waals surface area (Å²) in [6.45, 7) is 3.02. The van der Waals surface area contributed by atoms with Gasteiger partial charge in [0, 0.05) is 36.1 Å². The van der Waals surface area contributed by atoms with Crippen LogP contribution in [-0.4, -0.2) is 45.9 Å². The average Bonchev–Trinajstić information content (AvgIpc) is 2.83. The molecule has 21 heavy (non-hydrogen) atoms. The third kappa shape index (κ3) is 2.12. The van der Waals surface area contributed by atoms with E-state index in [0.29, 0.717) is 19.5 Å². The van der Waals surface area contributed by atoms with E-state index in [4.69, 9.17) is 0 Å². The summed E-state index contributed by atoms with van der Waals surface area (Å²) >= 11 is 0. The summed E-state index contributed by atoms with van der Waals surface area (Å²) in [5.41, 5.74) is 3.04. The summed E-state index contributed by atoms with van der Waals surface area (Å²) in [6.07, 6.45) is 0.520. The second-order valence-corrected chi connectivity index (χ2v) is 5.53. The highest BCUT2D eigenvalue weighted by molar-refractivity contribution is 5.88. The summed E-state index contributed by atoms with van der Waals surface area (Å²) in [5.74, 6) is 0.365. The Morgan fingerprint density at radius 1 is 1.52 bits per heavy atom. The Labute approximate surface area is 122 Å². The predicted molar refractivity (Wildman–Crippen MR) is 78.0 cm³/mol. The fourth-order valence-corrected chi connectivity index (χ4v) is 3.04. The monoisotopic (exact) mass is 287 g/mol. The lowest BCUT2D eigenvalue weighted by Crippen LogP contribution is -2.44. The van der Waals surface area contributed by atoms with Crippen LogP contribution in [0.25, 0.3) is 10.9 Å². The first-order valence-corrected chi connectivity index (χ1v) is 6.81. The van der Waals surface area contributed by atoms with Crippen LogP contribution in [-0.2, 0) is 11.3 Å². The van der Waals surface area contributed by atoms with Crippen molar-refractivity contribution in [1.82, 2.24) is 14.8 Å². The van der Waals surface area contributed by atoms with Gasteiger partial charge in [0.2, 0.25) is 6.41 Å². The van der Waals surface area contributed by atoms with Crippen molar-refractivity contribution in [2.45, 2.75) is 19.4 Å². The number of nitrogens with one attached hydrogen (secondary N) is 1. The highest BCUT2D eigenvalue weighted by Gasteiger charge is 2.30. The molecule has 1 aromatic heterocycles. The van der Waals surface area contributed by atoms with Crippen molar-refractivity contribution in [1.29, 1.82) is 0 Å². The number of hydrogen-bond donors (Lipinski definition) is 2. The van der Waals surface area contributed by atoms with Gasteiger partial charge in [-0.3, -0.25) is 9.69 Å². The number of H-pyrrole nitrogens is 1. The van der Waals surface area contributed by atoms with Gasteiger partial charge in [0.15, 0.2) is 0 Å². The first-order valence-electron chi connectivity index (χ1n) is 6.81. The van der Waals surface area contributed by atoms with Gasteiger partial charge in [0.25, 0.3) is 0 Å². The standard InChI is InChI=1S/C15H17N3O3/c1-9-6-18(15(21)17(2)8-19)7-13-14(9)11-5-10(20)3-4-12(11)16-13/h3-5,8-9,16,20H,6-7H2,1-2H3. The number of carbonyl (C=O) groups excluding carboxylic acids is 2. The van der Waals surface area contributed by atoms with Crippen LogP contribution in [0.3, 0.4) is 0 Å². The molecule has 0 saturated heterocycles. The van der Waals surface area contributed by atoms with E-state index in [-0.39, 0.29) is 17.7 Å². The predicted octanol–water partition coefficient (Wildman–Crippen LogP) is 2.00. The van der Waals surface area contributed by atoms with Gasteiger partial charge in [-0.05, 0) is 23.8 Å². The van der Waals surface area contributed by atoms with E-state index in [1.807, 2.05) is 13.0 Å². The van der Waals surface area contributed by atoms with Gasteiger partial charge in [-0.25, -0.2) is 4.79 Å². The van der Waals surface area contributed by atoms with Crippen LogP contribution in [0.1, 0.15) is 24.1 Å². The molecule has 1 atom stereocenters. The van der Waals surface area contributed by atoms with Crippen molar-refractivity contribution in [3.63, 3.8) is 0 Å². The second kappa shape index (κ2) is 4.80. The Hall–Kier alpha value is -2.50. The largest absolute Gasteiger partial charge is 0.508 e. The zero-order valence-corrected chi connectivity index (χ0v) is 12.0. The summed E-state index contributed by atoms with van der Waals surface area (Å²) < 4.78 is 0. The van der Waals surface area contributed by atoms with Gasteiger partial charge >= 0.3 is 6.03 Å². The van der Waals surface area contributed by atoms with Gasteiger partial charge in [-0.2, -0.15) is 0 Å². The van der Waals surface area contributed by atoms with E-state index in [0.717, 1.165) is 27.1 Å². The molecular weight excluding hydrogens is 270 g/mol. The summed E-state index contributed by atoms with van der Waals surface area (Å²) in [6, 6.07) is 4.91. The van der Waals surface area contributed by atoms with Gasteiger partial charge in [-0.1, -0.05) is 6.92 Å². The van der Waals surface area contributed by atoms with E-state index in [1.54, 1.807) is 17.0 Å². The maximum absolute atomic E-state index is 12.1. The molecule has 2 heterocycles. The number of amides is 3. The van der Waals surface area contributed by atoms with Crippen LogP contribution in [0.2, 0.25) is 0 Å². The van der Waals surface area contributed by atoms with Crippen molar-refractivity contribution < 1.29 is 14.7 Å². The van der Waals surface area contributed by atoms with E-state index < -0.39 is 0 Å². The number of phenolic OH excluding ortho intramolecular Hbond substituents is 1. The summed E-state index contributed by atoms with van der Waals surface area (Å²) in [4.78, 5) is 28.9. The molecule has 110 valence electrons. The average molecular weight is 287 g/mol. The van der Waals surface area contributed by atoms with E-state index in [9.17, 15) is 14.7 Å². The van der Waals surface area contributed by atoms with Crippen molar-refractivity contribution in [3.05, 3.63) is 29.5 Å². The molecule has 0 radical (unpaired) electrons. The number of urea groups is 1. The molecule has 3 amide bonds. The lowest BCUT2D eigenvalue weighted by molar-refractivity contribution is -0.115. The molecule has 6 nitrogen and oxygen atoms in total. The first kappa shape index (κ1) is 13.5. The molecule has 2 N–H and O–H groups in total. The molecule has 1 aliphatic heterocycles. The maximum Gasteiger partial charge on any atom is 0.326 e. The minimum absolute atomic E-state index is 0.133. The molecular formula is C15H17N3O3. The molecule has 1 unspecified atom stereocenters. The van der Waals surface area contributed by atoms with E-state index in [2.05, 4.69) is 4.98 Å². The van der Waals surface area contributed by atoms with Crippen molar-refractivity contribution in [2.24, 2.45) is 0 Å². The molecule has 1 aromatic carbocycles. The fraction of sp³-hybridized carbons (Fsp3) is 0.333. The second-order valence-electron chi connectivity index (χ2n) is 5.53. The maximum atomic E-state index is 12.1.